The highest BCUT2D eigenvalue weighted by Gasteiger charge is 2.29. The molecule has 0 atom stereocenters. The van der Waals surface area contributed by atoms with E-state index in [1.165, 1.54) is 0 Å². The molecule has 3 aromatic heterocycles. The molecule has 0 aliphatic carbocycles. The Hall–Kier alpha value is -2.97. The van der Waals surface area contributed by atoms with Crippen LogP contribution >= 0.6 is 22.7 Å². The number of ether oxygens (including phenoxy) is 2. The SMILES string of the molecule is CCOC(=O)c1nc(N(C)c2cc(C)c(/N=c3\sc4ccccc4n3COCC[Si](C)(C)C)nn2)sc1C1CCN(C)CC1. The van der Waals surface area contributed by atoms with Crippen LogP contribution in [0.15, 0.2) is 35.3 Å². The predicted octanol–water partition coefficient (Wildman–Crippen LogP) is 6.56. The Morgan fingerprint density at radius 2 is 1.91 bits per heavy atom. The third-order valence-electron chi connectivity index (χ3n) is 7.78. The molecule has 236 valence electrons. The lowest BCUT2D eigenvalue weighted by Crippen LogP contribution is -2.29. The molecule has 1 fully saturated rings. The third-order valence-corrected chi connectivity index (χ3v) is 11.8. The Kier molecular flexibility index (Phi) is 10.3. The lowest BCUT2D eigenvalue weighted by atomic mass is 9.94. The van der Waals surface area contributed by atoms with E-state index < -0.39 is 8.07 Å². The van der Waals surface area contributed by atoms with Crippen LogP contribution in [0.2, 0.25) is 25.7 Å². The second-order valence-electron chi connectivity index (χ2n) is 12.5. The molecule has 0 N–H and O–H groups in total. The summed E-state index contributed by atoms with van der Waals surface area (Å²) in [6.07, 6.45) is 1.98. The summed E-state index contributed by atoms with van der Waals surface area (Å²) in [7, 11) is 2.86. The number of likely N-dealkylation sites (tertiary alicyclic amines) is 1. The van der Waals surface area contributed by atoms with E-state index in [9.17, 15) is 4.79 Å². The summed E-state index contributed by atoms with van der Waals surface area (Å²) in [6, 6.07) is 11.4. The average molecular weight is 654 g/mol. The summed E-state index contributed by atoms with van der Waals surface area (Å²) in [5.41, 5.74) is 2.40. The van der Waals surface area contributed by atoms with E-state index in [2.05, 4.69) is 58.5 Å². The number of anilines is 2. The minimum atomic E-state index is -1.18. The fourth-order valence-electron chi connectivity index (χ4n) is 5.05. The average Bonchev–Trinajstić information content (AvgIpc) is 3.58. The standard InChI is InChI=1S/C31H43N7O3S2Si/c1-8-41-29(39)26-27(22-13-15-36(3)16-14-22)43-30(32-26)37(4)25-19-21(2)28(35-34-25)33-31-38(20-40-17-18-44(5,6)7)23-11-9-10-12-24(23)42-31/h9-12,19,22H,8,13-18,20H2,1-7H3/b33-31-. The maximum absolute atomic E-state index is 12.9. The van der Waals surface area contributed by atoms with Gasteiger partial charge in [0.1, 0.15) is 6.73 Å². The van der Waals surface area contributed by atoms with Gasteiger partial charge in [-0.05, 0) is 82.6 Å². The highest BCUT2D eigenvalue weighted by molar-refractivity contribution is 7.16. The van der Waals surface area contributed by atoms with Gasteiger partial charge in [0.15, 0.2) is 27.3 Å². The number of aryl methyl sites for hydroxylation is 1. The van der Waals surface area contributed by atoms with Crippen molar-refractivity contribution in [2.24, 2.45) is 4.99 Å². The number of benzene rings is 1. The van der Waals surface area contributed by atoms with Crippen LogP contribution in [0.1, 0.15) is 46.6 Å². The molecular formula is C31H43N7O3S2Si. The molecule has 13 heteroatoms. The second-order valence-corrected chi connectivity index (χ2v) is 20.2. The number of para-hydroxylation sites is 1. The van der Waals surface area contributed by atoms with Gasteiger partial charge in [0.2, 0.25) is 0 Å². The van der Waals surface area contributed by atoms with Crippen molar-refractivity contribution in [2.75, 3.05) is 45.3 Å². The van der Waals surface area contributed by atoms with E-state index in [1.807, 2.05) is 44.0 Å². The molecule has 0 unspecified atom stereocenters. The number of hydrogen-bond acceptors (Lipinski definition) is 11. The molecule has 1 saturated heterocycles. The topological polar surface area (TPSA) is 98.0 Å². The van der Waals surface area contributed by atoms with E-state index in [0.29, 0.717) is 35.8 Å². The normalized spacial score (nSPS) is 15.3. The van der Waals surface area contributed by atoms with E-state index in [1.54, 1.807) is 22.7 Å². The lowest BCUT2D eigenvalue weighted by Gasteiger charge is -2.28. The summed E-state index contributed by atoms with van der Waals surface area (Å²) in [5, 5.41) is 9.76. The number of carbonyl (C=O) groups excluding carboxylic acids is 1. The zero-order valence-electron chi connectivity index (χ0n) is 26.8. The monoisotopic (exact) mass is 653 g/mol. The first-order valence-electron chi connectivity index (χ1n) is 15.2. The first kappa shape index (κ1) is 32.4. The first-order valence-corrected chi connectivity index (χ1v) is 20.5. The molecule has 0 saturated carbocycles. The van der Waals surface area contributed by atoms with Crippen molar-refractivity contribution in [3.63, 3.8) is 0 Å². The quantitative estimate of drug-likeness (QED) is 0.102. The number of nitrogens with zero attached hydrogens (tertiary/aromatic N) is 7. The lowest BCUT2D eigenvalue weighted by molar-refractivity contribution is 0.0518. The van der Waals surface area contributed by atoms with Gasteiger partial charge in [-0.1, -0.05) is 43.1 Å². The second kappa shape index (κ2) is 14.0. The van der Waals surface area contributed by atoms with Crippen molar-refractivity contribution in [2.45, 2.75) is 65.0 Å². The number of piperidine rings is 1. The fourth-order valence-corrected chi connectivity index (χ4v) is 8.02. The number of esters is 1. The van der Waals surface area contributed by atoms with Crippen LogP contribution in [-0.4, -0.2) is 79.1 Å². The van der Waals surface area contributed by atoms with Crippen molar-refractivity contribution in [3.05, 3.63) is 51.3 Å². The number of fused-ring (bicyclic) bond motifs is 1. The van der Waals surface area contributed by atoms with Crippen molar-refractivity contribution < 1.29 is 14.3 Å². The fraction of sp³-hybridized carbons (Fsp3) is 0.516. The largest absolute Gasteiger partial charge is 0.461 e. The van der Waals surface area contributed by atoms with Gasteiger partial charge >= 0.3 is 5.97 Å². The Bertz CT molecular complexity index is 1670. The third kappa shape index (κ3) is 7.63. The Morgan fingerprint density at radius 3 is 2.61 bits per heavy atom. The zero-order valence-corrected chi connectivity index (χ0v) is 29.4. The molecule has 0 bridgehead atoms. The van der Waals surface area contributed by atoms with Gasteiger partial charge < -0.3 is 19.3 Å². The predicted molar refractivity (Wildman–Crippen MR) is 182 cm³/mol. The smallest absolute Gasteiger partial charge is 0.358 e. The van der Waals surface area contributed by atoms with Gasteiger partial charge in [-0.15, -0.1) is 21.5 Å². The summed E-state index contributed by atoms with van der Waals surface area (Å²) in [5.74, 6) is 1.11. The van der Waals surface area contributed by atoms with Crippen LogP contribution in [0.3, 0.4) is 0 Å². The molecule has 4 heterocycles. The van der Waals surface area contributed by atoms with Crippen LogP contribution in [0.4, 0.5) is 16.8 Å². The molecule has 10 nitrogen and oxygen atoms in total. The maximum atomic E-state index is 12.9. The van der Waals surface area contributed by atoms with Gasteiger partial charge in [0.05, 0.1) is 16.8 Å². The van der Waals surface area contributed by atoms with Crippen molar-refractivity contribution in [3.8, 4) is 0 Å². The van der Waals surface area contributed by atoms with Crippen LogP contribution < -0.4 is 9.70 Å². The van der Waals surface area contributed by atoms with E-state index >= 15 is 0 Å². The maximum Gasteiger partial charge on any atom is 0.358 e. The number of hydrogen-bond donors (Lipinski definition) is 0. The summed E-state index contributed by atoms with van der Waals surface area (Å²) >= 11 is 3.16. The van der Waals surface area contributed by atoms with Crippen LogP contribution in [0, 0.1) is 6.92 Å². The number of aromatic nitrogens is 4. The molecule has 0 radical (unpaired) electrons. The molecule has 0 amide bonds. The molecule has 1 aliphatic heterocycles. The van der Waals surface area contributed by atoms with Gasteiger partial charge in [-0.25, -0.2) is 9.78 Å². The molecule has 1 aliphatic rings. The number of rotatable bonds is 11. The number of carbonyl (C=O) groups is 1. The van der Waals surface area contributed by atoms with E-state index in [4.69, 9.17) is 19.5 Å². The summed E-state index contributed by atoms with van der Waals surface area (Å²) in [4.78, 5) is 28.6. The van der Waals surface area contributed by atoms with Crippen molar-refractivity contribution in [1.82, 2.24) is 24.6 Å². The Balaban J connectivity index is 1.42. The molecule has 0 spiro atoms. The minimum Gasteiger partial charge on any atom is -0.461 e. The molecule has 4 aromatic rings. The molecule has 5 rings (SSSR count). The highest BCUT2D eigenvalue weighted by Crippen LogP contribution is 2.39. The molecule has 1 aromatic carbocycles. The van der Waals surface area contributed by atoms with Gasteiger partial charge in [-0.2, -0.15) is 4.99 Å². The van der Waals surface area contributed by atoms with Crippen LogP contribution in [0.25, 0.3) is 10.2 Å². The van der Waals surface area contributed by atoms with Crippen LogP contribution in [-0.2, 0) is 16.2 Å². The Morgan fingerprint density at radius 1 is 1.16 bits per heavy atom. The van der Waals surface area contributed by atoms with Gasteiger partial charge in [0, 0.05) is 26.6 Å². The van der Waals surface area contributed by atoms with Crippen molar-refractivity contribution in [1.29, 1.82) is 0 Å². The van der Waals surface area contributed by atoms with E-state index in [0.717, 1.165) is 64.0 Å². The van der Waals surface area contributed by atoms with E-state index in [-0.39, 0.29) is 11.9 Å². The van der Waals surface area contributed by atoms with Gasteiger partial charge in [0.25, 0.3) is 0 Å². The Labute approximate surface area is 268 Å². The van der Waals surface area contributed by atoms with Crippen molar-refractivity contribution >= 4 is 63.7 Å². The molecule has 44 heavy (non-hydrogen) atoms. The number of thiazole rings is 2. The summed E-state index contributed by atoms with van der Waals surface area (Å²) in [6.45, 7) is 14.4. The summed E-state index contributed by atoms with van der Waals surface area (Å²) < 4.78 is 14.8. The minimum absolute atomic E-state index is 0.284. The first-order chi connectivity index (χ1) is 21.0. The van der Waals surface area contributed by atoms with Gasteiger partial charge in [-0.3, -0.25) is 4.57 Å². The van der Waals surface area contributed by atoms with Crippen LogP contribution in [0.5, 0.6) is 0 Å². The zero-order chi connectivity index (χ0) is 31.4. The molecular weight excluding hydrogens is 611 g/mol. The highest BCUT2D eigenvalue weighted by atomic mass is 32.1.